The second-order valence-corrected chi connectivity index (χ2v) is 7.04. The molecule has 0 aliphatic carbocycles. The van der Waals surface area contributed by atoms with Crippen molar-refractivity contribution in [2.45, 2.75) is 13.3 Å². The van der Waals surface area contributed by atoms with Crippen LogP contribution in [0.3, 0.4) is 0 Å². The molecule has 8 heteroatoms. The summed E-state index contributed by atoms with van der Waals surface area (Å²) in [6.45, 7) is 7.32. The Labute approximate surface area is 164 Å². The van der Waals surface area contributed by atoms with Crippen LogP contribution < -0.4 is 9.80 Å². The monoisotopic (exact) mass is 383 g/mol. The molecule has 0 amide bonds. The Morgan fingerprint density at radius 3 is 2.04 bits per heavy atom. The van der Waals surface area contributed by atoms with Crippen LogP contribution in [0.1, 0.15) is 12.5 Å². The Morgan fingerprint density at radius 2 is 1.50 bits per heavy atom. The number of benzene rings is 1. The average molecular weight is 383 g/mol. The quantitative estimate of drug-likeness (QED) is 0.765. The lowest BCUT2D eigenvalue weighted by Crippen LogP contribution is -2.40. The summed E-state index contributed by atoms with van der Waals surface area (Å²) in [5, 5.41) is 0. The minimum atomic E-state index is 0.135. The number of carbonyl (C=O) groups excluding carboxylic acids is 1. The Kier molecular flexibility index (Phi) is 5.78. The molecule has 2 aliphatic heterocycles. The lowest BCUT2D eigenvalue weighted by atomic mass is 10.1. The van der Waals surface area contributed by atoms with Gasteiger partial charge in [0.1, 0.15) is 5.78 Å². The molecule has 0 atom stereocenters. The number of nitrogens with zero attached hydrogens (tertiary/aromatic N) is 5. The number of ether oxygens (including phenoxy) is 2. The summed E-state index contributed by atoms with van der Waals surface area (Å²) in [5.74, 6) is 2.11. The lowest BCUT2D eigenvalue weighted by molar-refractivity contribution is -0.116. The normalized spacial score (nSPS) is 17.6. The Hall–Kier alpha value is -2.58. The van der Waals surface area contributed by atoms with Gasteiger partial charge in [-0.15, -0.1) is 0 Å². The van der Waals surface area contributed by atoms with Crippen molar-refractivity contribution in [2.75, 3.05) is 62.4 Å². The van der Waals surface area contributed by atoms with Gasteiger partial charge >= 0.3 is 0 Å². The summed E-state index contributed by atoms with van der Waals surface area (Å²) in [7, 11) is 0. The van der Waals surface area contributed by atoms with Crippen molar-refractivity contribution >= 4 is 17.7 Å². The molecule has 0 N–H and O–H groups in total. The number of Topliss-reactive ketones (excluding diaryl/α,β-unsaturated/α-hetero) is 1. The smallest absolute Gasteiger partial charge is 0.230 e. The van der Waals surface area contributed by atoms with Crippen LogP contribution in [0.5, 0.6) is 0 Å². The second-order valence-electron chi connectivity index (χ2n) is 7.04. The van der Waals surface area contributed by atoms with Crippen molar-refractivity contribution in [1.82, 2.24) is 15.0 Å². The Bertz CT molecular complexity index is 796. The molecule has 2 fully saturated rings. The third kappa shape index (κ3) is 4.45. The summed E-state index contributed by atoms with van der Waals surface area (Å²) < 4.78 is 10.9. The first-order chi connectivity index (χ1) is 13.7. The summed E-state index contributed by atoms with van der Waals surface area (Å²) in [4.78, 5) is 30.0. The molecule has 2 aromatic rings. The molecule has 8 nitrogen and oxygen atoms in total. The number of ketones is 1. The van der Waals surface area contributed by atoms with Gasteiger partial charge in [-0.3, -0.25) is 4.79 Å². The first-order valence-corrected chi connectivity index (χ1v) is 9.69. The van der Waals surface area contributed by atoms with E-state index in [0.717, 1.165) is 37.3 Å². The minimum absolute atomic E-state index is 0.135. The van der Waals surface area contributed by atoms with Crippen molar-refractivity contribution in [3.8, 4) is 11.4 Å². The third-order valence-corrected chi connectivity index (χ3v) is 4.84. The first kappa shape index (κ1) is 18.8. The SMILES string of the molecule is CC(=O)Cc1cccc(-c2nc(N3CCOCC3)nc(N3CCOCC3)n2)c1. The molecule has 0 saturated carbocycles. The lowest BCUT2D eigenvalue weighted by Gasteiger charge is -2.30. The van der Waals surface area contributed by atoms with Gasteiger partial charge in [0.05, 0.1) is 26.4 Å². The van der Waals surface area contributed by atoms with Gasteiger partial charge in [0, 0.05) is 38.2 Å². The first-order valence-electron chi connectivity index (χ1n) is 9.69. The standard InChI is InChI=1S/C20H25N5O3/c1-15(26)13-16-3-2-4-17(14-16)18-21-19(24-5-9-27-10-6-24)23-20(22-18)25-7-11-28-12-8-25/h2-4,14H,5-13H2,1H3. The van der Waals surface area contributed by atoms with Gasteiger partial charge in [0.25, 0.3) is 0 Å². The van der Waals surface area contributed by atoms with E-state index < -0.39 is 0 Å². The molecule has 4 rings (SSSR count). The molecule has 1 aromatic carbocycles. The van der Waals surface area contributed by atoms with Crippen molar-refractivity contribution in [3.05, 3.63) is 29.8 Å². The minimum Gasteiger partial charge on any atom is -0.378 e. The van der Waals surface area contributed by atoms with Crippen LogP contribution in [0.2, 0.25) is 0 Å². The molecule has 28 heavy (non-hydrogen) atoms. The highest BCUT2D eigenvalue weighted by Gasteiger charge is 2.21. The Morgan fingerprint density at radius 1 is 0.929 bits per heavy atom. The molecule has 1 aromatic heterocycles. The van der Waals surface area contributed by atoms with Crippen LogP contribution in [-0.2, 0) is 20.7 Å². The van der Waals surface area contributed by atoms with Gasteiger partial charge in [-0.2, -0.15) is 15.0 Å². The van der Waals surface area contributed by atoms with E-state index >= 15 is 0 Å². The number of aromatic nitrogens is 3. The molecule has 0 spiro atoms. The number of carbonyl (C=O) groups is 1. The van der Waals surface area contributed by atoms with E-state index in [2.05, 4.69) is 9.80 Å². The molecular formula is C20H25N5O3. The Balaban J connectivity index is 1.71. The topological polar surface area (TPSA) is 80.7 Å². The molecular weight excluding hydrogens is 358 g/mol. The predicted octanol–water partition coefficient (Wildman–Crippen LogP) is 1.34. The highest BCUT2D eigenvalue weighted by atomic mass is 16.5. The maximum absolute atomic E-state index is 11.5. The van der Waals surface area contributed by atoms with Crippen molar-refractivity contribution < 1.29 is 14.3 Å². The maximum atomic E-state index is 11.5. The van der Waals surface area contributed by atoms with Crippen LogP contribution in [0.25, 0.3) is 11.4 Å². The molecule has 3 heterocycles. The highest BCUT2D eigenvalue weighted by Crippen LogP contribution is 2.23. The van der Waals surface area contributed by atoms with Gasteiger partial charge < -0.3 is 19.3 Å². The van der Waals surface area contributed by atoms with E-state index in [4.69, 9.17) is 24.4 Å². The summed E-state index contributed by atoms with van der Waals surface area (Å²) >= 11 is 0. The molecule has 2 aliphatic rings. The van der Waals surface area contributed by atoms with Gasteiger partial charge in [0.15, 0.2) is 5.82 Å². The number of hydrogen-bond donors (Lipinski definition) is 0. The summed E-state index contributed by atoms with van der Waals surface area (Å²) in [6, 6.07) is 7.87. The fourth-order valence-corrected chi connectivity index (χ4v) is 3.40. The fourth-order valence-electron chi connectivity index (χ4n) is 3.40. The number of hydrogen-bond acceptors (Lipinski definition) is 8. The van der Waals surface area contributed by atoms with Gasteiger partial charge in [-0.25, -0.2) is 0 Å². The van der Waals surface area contributed by atoms with E-state index in [1.165, 1.54) is 0 Å². The van der Waals surface area contributed by atoms with Crippen molar-refractivity contribution in [1.29, 1.82) is 0 Å². The van der Waals surface area contributed by atoms with E-state index in [9.17, 15) is 4.79 Å². The van der Waals surface area contributed by atoms with Crippen LogP contribution in [0, 0.1) is 0 Å². The molecule has 0 unspecified atom stereocenters. The van der Waals surface area contributed by atoms with Crippen LogP contribution in [-0.4, -0.2) is 73.3 Å². The van der Waals surface area contributed by atoms with Gasteiger partial charge in [-0.1, -0.05) is 18.2 Å². The zero-order valence-electron chi connectivity index (χ0n) is 16.1. The summed E-state index contributed by atoms with van der Waals surface area (Å²) in [6.07, 6.45) is 0.408. The van der Waals surface area contributed by atoms with Crippen molar-refractivity contribution in [2.24, 2.45) is 0 Å². The van der Waals surface area contributed by atoms with Crippen LogP contribution in [0.4, 0.5) is 11.9 Å². The largest absolute Gasteiger partial charge is 0.378 e. The second kappa shape index (κ2) is 8.62. The molecule has 148 valence electrons. The van der Waals surface area contributed by atoms with E-state index in [-0.39, 0.29) is 5.78 Å². The fraction of sp³-hybridized carbons (Fsp3) is 0.500. The zero-order chi connectivity index (χ0) is 19.3. The molecule has 0 radical (unpaired) electrons. The maximum Gasteiger partial charge on any atom is 0.230 e. The van der Waals surface area contributed by atoms with Gasteiger partial charge in [-0.05, 0) is 18.6 Å². The van der Waals surface area contributed by atoms with Crippen LogP contribution >= 0.6 is 0 Å². The van der Waals surface area contributed by atoms with Crippen molar-refractivity contribution in [3.63, 3.8) is 0 Å². The van der Waals surface area contributed by atoms with E-state index in [1.54, 1.807) is 6.92 Å². The van der Waals surface area contributed by atoms with Crippen LogP contribution in [0.15, 0.2) is 24.3 Å². The number of morpholine rings is 2. The van der Waals surface area contributed by atoms with E-state index in [1.807, 2.05) is 24.3 Å². The third-order valence-electron chi connectivity index (χ3n) is 4.84. The molecule has 2 saturated heterocycles. The van der Waals surface area contributed by atoms with E-state index in [0.29, 0.717) is 50.6 Å². The molecule has 0 bridgehead atoms. The zero-order valence-corrected chi connectivity index (χ0v) is 16.1. The number of anilines is 2. The summed E-state index contributed by atoms with van der Waals surface area (Å²) in [5.41, 5.74) is 1.86. The number of rotatable bonds is 5. The highest BCUT2D eigenvalue weighted by molar-refractivity contribution is 5.78. The predicted molar refractivity (Wildman–Crippen MR) is 106 cm³/mol. The average Bonchev–Trinajstić information content (AvgIpc) is 2.74. The van der Waals surface area contributed by atoms with Gasteiger partial charge in [0.2, 0.25) is 11.9 Å².